The van der Waals surface area contributed by atoms with Gasteiger partial charge in [0, 0.05) is 14.6 Å². The maximum atomic E-state index is 12.3. The van der Waals surface area contributed by atoms with Crippen molar-refractivity contribution < 1.29 is 8.42 Å². The van der Waals surface area contributed by atoms with Gasteiger partial charge in [0.15, 0.2) is 4.21 Å². The lowest BCUT2D eigenvalue weighted by Gasteiger charge is -2.11. The summed E-state index contributed by atoms with van der Waals surface area (Å²) in [4.78, 5) is 13.3. The number of hydrogen-bond acceptors (Lipinski definition) is 4. The largest absolute Gasteiger partial charge is 0.315 e. The van der Waals surface area contributed by atoms with E-state index in [1.165, 1.54) is 0 Å². The molecule has 0 saturated carbocycles. The molecule has 0 aliphatic rings. The number of rotatable bonds is 3. The van der Waals surface area contributed by atoms with Crippen LogP contribution >= 0.6 is 43.2 Å². The number of halogens is 2. The molecule has 0 aliphatic heterocycles. The number of benzene rings is 1. The highest BCUT2D eigenvalue weighted by Gasteiger charge is 2.22. The number of aromatic amines is 1. The van der Waals surface area contributed by atoms with E-state index in [1.807, 2.05) is 6.92 Å². The Labute approximate surface area is 136 Å². The second kappa shape index (κ2) is 5.63. The van der Waals surface area contributed by atoms with Gasteiger partial charge >= 0.3 is 4.87 Å². The summed E-state index contributed by atoms with van der Waals surface area (Å²) in [5.41, 5.74) is 1.71. The zero-order valence-corrected chi connectivity index (χ0v) is 15.3. The van der Waals surface area contributed by atoms with Gasteiger partial charge in [-0.1, -0.05) is 11.3 Å². The van der Waals surface area contributed by atoms with Gasteiger partial charge in [0.05, 0.1) is 5.69 Å². The first kappa shape index (κ1) is 15.7. The number of aryl methyl sites for hydroxylation is 2. The molecular formula is C11H10Br2N2O3S2. The number of sulfonamides is 1. The average molecular weight is 442 g/mol. The second-order valence-corrected chi connectivity index (χ2v) is 8.71. The van der Waals surface area contributed by atoms with Gasteiger partial charge in [0.1, 0.15) is 0 Å². The van der Waals surface area contributed by atoms with Crippen LogP contribution in [0.25, 0.3) is 0 Å². The Morgan fingerprint density at radius 2 is 1.75 bits per heavy atom. The lowest BCUT2D eigenvalue weighted by molar-refractivity contribution is 0.602. The van der Waals surface area contributed by atoms with Crippen LogP contribution in [-0.2, 0) is 10.0 Å². The van der Waals surface area contributed by atoms with Crippen LogP contribution < -0.4 is 9.60 Å². The highest BCUT2D eigenvalue weighted by atomic mass is 79.9. The van der Waals surface area contributed by atoms with E-state index in [9.17, 15) is 13.2 Å². The molecule has 0 aliphatic carbocycles. The molecule has 0 unspecified atom stereocenters. The molecule has 108 valence electrons. The van der Waals surface area contributed by atoms with Crippen LogP contribution in [0.3, 0.4) is 0 Å². The molecule has 1 aromatic heterocycles. The quantitative estimate of drug-likeness (QED) is 0.766. The molecule has 0 atom stereocenters. The maximum absolute atomic E-state index is 12.3. The lowest BCUT2D eigenvalue weighted by atomic mass is 10.2. The molecule has 2 aromatic rings. The van der Waals surface area contributed by atoms with Crippen LogP contribution in [0.5, 0.6) is 0 Å². The highest BCUT2D eigenvalue weighted by molar-refractivity contribution is 9.11. The number of hydrogen-bond donors (Lipinski definition) is 2. The SMILES string of the molecule is Cc1cc(Br)c(NS(=O)(=O)c2sc(=O)[nH]c2C)c(Br)c1. The van der Waals surface area contributed by atoms with Gasteiger partial charge < -0.3 is 4.98 Å². The summed E-state index contributed by atoms with van der Waals surface area (Å²) in [5, 5.41) is 0. The third-order valence-electron chi connectivity index (χ3n) is 2.45. The van der Waals surface area contributed by atoms with E-state index in [-0.39, 0.29) is 4.21 Å². The normalized spacial score (nSPS) is 11.6. The summed E-state index contributed by atoms with van der Waals surface area (Å²) >= 11 is 7.31. The summed E-state index contributed by atoms with van der Waals surface area (Å²) in [6, 6.07) is 3.60. The molecule has 2 rings (SSSR count). The highest BCUT2D eigenvalue weighted by Crippen LogP contribution is 2.34. The third kappa shape index (κ3) is 3.16. The van der Waals surface area contributed by atoms with Crippen molar-refractivity contribution in [1.82, 2.24) is 4.98 Å². The van der Waals surface area contributed by atoms with E-state index in [0.717, 1.165) is 5.56 Å². The van der Waals surface area contributed by atoms with Gasteiger partial charge in [0.2, 0.25) is 0 Å². The molecular weight excluding hydrogens is 432 g/mol. The number of anilines is 1. The van der Waals surface area contributed by atoms with E-state index < -0.39 is 14.9 Å². The predicted molar refractivity (Wildman–Crippen MR) is 87.1 cm³/mol. The molecule has 0 bridgehead atoms. The van der Waals surface area contributed by atoms with Crippen molar-refractivity contribution in [2.75, 3.05) is 4.72 Å². The lowest BCUT2D eigenvalue weighted by Crippen LogP contribution is -2.13. The smallest absolute Gasteiger partial charge is 0.306 e. The van der Waals surface area contributed by atoms with Crippen molar-refractivity contribution in [3.63, 3.8) is 0 Å². The Hall–Kier alpha value is -0.640. The number of nitrogens with one attached hydrogen (secondary N) is 2. The Bertz CT molecular complexity index is 801. The molecule has 0 fully saturated rings. The van der Waals surface area contributed by atoms with E-state index in [1.54, 1.807) is 19.1 Å². The Kier molecular flexibility index (Phi) is 4.43. The molecule has 0 saturated heterocycles. The standard InChI is InChI=1S/C11H10Br2N2O3S2/c1-5-3-7(12)9(8(13)4-5)15-20(17,18)10-6(2)14-11(16)19-10/h3-4,15H,1-2H3,(H,14,16). The third-order valence-corrected chi connectivity index (χ3v) is 6.65. The molecule has 1 heterocycles. The fourth-order valence-electron chi connectivity index (χ4n) is 1.62. The Morgan fingerprint density at radius 3 is 2.20 bits per heavy atom. The Morgan fingerprint density at radius 1 is 1.20 bits per heavy atom. The summed E-state index contributed by atoms with van der Waals surface area (Å²) in [6.45, 7) is 3.45. The Balaban J connectivity index is 2.49. The number of thiazole rings is 1. The van der Waals surface area contributed by atoms with E-state index in [0.29, 0.717) is 31.7 Å². The predicted octanol–water partition coefficient (Wildman–Crippen LogP) is 3.38. The van der Waals surface area contributed by atoms with Gasteiger partial charge in [-0.3, -0.25) is 9.52 Å². The number of aromatic nitrogens is 1. The van der Waals surface area contributed by atoms with Crippen molar-refractivity contribution in [2.24, 2.45) is 0 Å². The topological polar surface area (TPSA) is 79.0 Å². The minimum Gasteiger partial charge on any atom is -0.315 e. The minimum absolute atomic E-state index is 0.0122. The van der Waals surface area contributed by atoms with Crippen molar-refractivity contribution in [3.8, 4) is 0 Å². The average Bonchev–Trinajstić information content (AvgIpc) is 2.64. The number of H-pyrrole nitrogens is 1. The molecule has 0 radical (unpaired) electrons. The first-order valence-corrected chi connectivity index (χ1v) is 9.27. The van der Waals surface area contributed by atoms with Gasteiger partial charge in [-0.15, -0.1) is 0 Å². The van der Waals surface area contributed by atoms with E-state index in [4.69, 9.17) is 0 Å². The second-order valence-electron chi connectivity index (χ2n) is 4.14. The zero-order valence-electron chi connectivity index (χ0n) is 10.5. The van der Waals surface area contributed by atoms with Gasteiger partial charge in [0.25, 0.3) is 10.0 Å². The summed E-state index contributed by atoms with van der Waals surface area (Å²) in [5.74, 6) is 0. The van der Waals surface area contributed by atoms with Gasteiger partial charge in [-0.25, -0.2) is 8.42 Å². The molecule has 2 N–H and O–H groups in total. The maximum Gasteiger partial charge on any atom is 0.306 e. The van der Waals surface area contributed by atoms with Crippen molar-refractivity contribution >= 4 is 58.9 Å². The summed E-state index contributed by atoms with van der Waals surface area (Å²) in [7, 11) is -3.80. The fraction of sp³-hybridized carbons (Fsp3) is 0.182. The summed E-state index contributed by atoms with van der Waals surface area (Å²) < 4.78 is 28.4. The van der Waals surface area contributed by atoms with Crippen LogP contribution in [0.15, 0.2) is 30.1 Å². The summed E-state index contributed by atoms with van der Waals surface area (Å²) in [6.07, 6.45) is 0. The van der Waals surface area contributed by atoms with Crippen molar-refractivity contribution in [2.45, 2.75) is 18.1 Å². The van der Waals surface area contributed by atoms with E-state index >= 15 is 0 Å². The first-order chi connectivity index (χ1) is 9.20. The van der Waals surface area contributed by atoms with Crippen LogP contribution in [0.1, 0.15) is 11.3 Å². The van der Waals surface area contributed by atoms with Crippen LogP contribution in [0.2, 0.25) is 0 Å². The molecule has 5 nitrogen and oxygen atoms in total. The van der Waals surface area contributed by atoms with Crippen LogP contribution in [-0.4, -0.2) is 13.4 Å². The zero-order chi connectivity index (χ0) is 15.1. The van der Waals surface area contributed by atoms with Crippen molar-refractivity contribution in [3.05, 3.63) is 42.0 Å². The first-order valence-electron chi connectivity index (χ1n) is 5.39. The molecule has 0 amide bonds. The van der Waals surface area contributed by atoms with E-state index in [2.05, 4.69) is 41.6 Å². The van der Waals surface area contributed by atoms with Crippen LogP contribution in [0, 0.1) is 13.8 Å². The monoisotopic (exact) mass is 440 g/mol. The fourth-order valence-corrected chi connectivity index (χ4v) is 5.90. The van der Waals surface area contributed by atoms with Gasteiger partial charge in [-0.05, 0) is 63.4 Å². The molecule has 0 spiro atoms. The van der Waals surface area contributed by atoms with Crippen molar-refractivity contribution in [1.29, 1.82) is 0 Å². The minimum atomic E-state index is -3.80. The molecule has 20 heavy (non-hydrogen) atoms. The molecule has 9 heteroatoms. The molecule has 1 aromatic carbocycles. The van der Waals surface area contributed by atoms with Crippen LogP contribution in [0.4, 0.5) is 5.69 Å². The van der Waals surface area contributed by atoms with Gasteiger partial charge in [-0.2, -0.15) is 0 Å².